The maximum absolute atomic E-state index is 12.9. The number of hydrogen-bond donors (Lipinski definition) is 0. The van der Waals surface area contributed by atoms with Crippen molar-refractivity contribution in [3.05, 3.63) is 71.8 Å². The highest BCUT2D eigenvalue weighted by atomic mass is 16.5. The molecule has 0 saturated carbocycles. The van der Waals surface area contributed by atoms with Crippen molar-refractivity contribution in [3.63, 3.8) is 0 Å². The molecule has 29 heavy (non-hydrogen) atoms. The van der Waals surface area contributed by atoms with Crippen LogP contribution in [0.3, 0.4) is 0 Å². The van der Waals surface area contributed by atoms with Crippen LogP contribution >= 0.6 is 0 Å². The SMILES string of the molecule is CC1=CC[C@@H]2C(=O)N(c3cccc(O[C@H](C)C(=O)c4ccccc4)c3)C(=O)[C@H]2C1. The average molecular weight is 389 g/mol. The predicted octanol–water partition coefficient (Wildman–Crippen LogP) is 4.18. The first-order valence-electron chi connectivity index (χ1n) is 9.85. The lowest BCUT2D eigenvalue weighted by atomic mass is 9.82. The van der Waals surface area contributed by atoms with Gasteiger partial charge in [-0.1, -0.05) is 48.0 Å². The van der Waals surface area contributed by atoms with Crippen molar-refractivity contribution in [1.29, 1.82) is 0 Å². The second-order valence-corrected chi connectivity index (χ2v) is 7.70. The summed E-state index contributed by atoms with van der Waals surface area (Å²) in [6.45, 7) is 3.69. The fraction of sp³-hybridized carbons (Fsp3) is 0.292. The van der Waals surface area contributed by atoms with Crippen molar-refractivity contribution in [2.45, 2.75) is 32.8 Å². The zero-order chi connectivity index (χ0) is 20.5. The minimum atomic E-state index is -0.688. The van der Waals surface area contributed by atoms with E-state index in [1.807, 2.05) is 19.1 Å². The summed E-state index contributed by atoms with van der Waals surface area (Å²) in [5.74, 6) is -0.557. The first kappa shape index (κ1) is 19.1. The molecule has 2 aromatic carbocycles. The highest BCUT2D eigenvalue weighted by Crippen LogP contribution is 2.40. The molecule has 0 spiro atoms. The van der Waals surface area contributed by atoms with Gasteiger partial charge in [-0.2, -0.15) is 0 Å². The molecule has 4 rings (SSSR count). The Morgan fingerprint density at radius 1 is 1.03 bits per heavy atom. The molecule has 5 nitrogen and oxygen atoms in total. The van der Waals surface area contributed by atoms with Crippen molar-refractivity contribution in [1.82, 2.24) is 0 Å². The van der Waals surface area contributed by atoms with E-state index < -0.39 is 6.10 Å². The third kappa shape index (κ3) is 3.60. The Balaban J connectivity index is 1.53. The van der Waals surface area contributed by atoms with E-state index in [2.05, 4.69) is 0 Å². The second-order valence-electron chi connectivity index (χ2n) is 7.70. The molecular formula is C24H23NO4. The lowest BCUT2D eigenvalue weighted by molar-refractivity contribution is -0.122. The Morgan fingerprint density at radius 2 is 1.76 bits per heavy atom. The Bertz CT molecular complexity index is 995. The molecule has 1 aliphatic carbocycles. The Labute approximate surface area is 170 Å². The van der Waals surface area contributed by atoms with E-state index in [-0.39, 0.29) is 29.4 Å². The number of ether oxygens (including phenoxy) is 1. The number of allylic oxidation sites excluding steroid dienone is 2. The van der Waals surface area contributed by atoms with Crippen LogP contribution in [-0.4, -0.2) is 23.7 Å². The molecule has 5 heteroatoms. The van der Waals surface area contributed by atoms with Crippen LogP contribution in [0.4, 0.5) is 5.69 Å². The van der Waals surface area contributed by atoms with Gasteiger partial charge in [0.15, 0.2) is 6.10 Å². The summed E-state index contributed by atoms with van der Waals surface area (Å²) in [5, 5.41) is 0. The fourth-order valence-electron chi connectivity index (χ4n) is 4.08. The lowest BCUT2D eigenvalue weighted by Crippen LogP contribution is -2.31. The van der Waals surface area contributed by atoms with Gasteiger partial charge in [-0.3, -0.25) is 14.4 Å². The molecule has 2 amide bonds. The summed E-state index contributed by atoms with van der Waals surface area (Å²) in [6.07, 6.45) is 2.60. The van der Waals surface area contributed by atoms with Crippen molar-refractivity contribution in [2.75, 3.05) is 4.90 Å². The third-order valence-corrected chi connectivity index (χ3v) is 5.64. The standard InChI is InChI=1S/C24H23NO4/c1-15-11-12-20-21(13-15)24(28)25(23(20)27)18-9-6-10-19(14-18)29-16(2)22(26)17-7-4-3-5-8-17/h3-11,14,16,20-21H,12-13H2,1-2H3/t16-,20+,21+/m1/s1. The van der Waals surface area contributed by atoms with Crippen LogP contribution in [0.5, 0.6) is 5.75 Å². The van der Waals surface area contributed by atoms with Gasteiger partial charge in [-0.15, -0.1) is 0 Å². The summed E-state index contributed by atoms with van der Waals surface area (Å²) in [7, 11) is 0. The van der Waals surface area contributed by atoms with E-state index in [0.717, 1.165) is 5.57 Å². The maximum Gasteiger partial charge on any atom is 0.238 e. The number of hydrogen-bond acceptors (Lipinski definition) is 4. The molecule has 0 bridgehead atoms. The molecule has 1 fully saturated rings. The zero-order valence-corrected chi connectivity index (χ0v) is 16.5. The van der Waals surface area contributed by atoms with E-state index in [0.29, 0.717) is 29.8 Å². The highest BCUT2D eigenvalue weighted by Gasteiger charge is 2.48. The summed E-state index contributed by atoms with van der Waals surface area (Å²) >= 11 is 0. The van der Waals surface area contributed by atoms with Crippen LogP contribution in [-0.2, 0) is 9.59 Å². The number of anilines is 1. The number of nitrogens with zero attached hydrogens (tertiary/aromatic N) is 1. The molecule has 0 unspecified atom stereocenters. The minimum Gasteiger partial charge on any atom is -0.482 e. The van der Waals surface area contributed by atoms with Gasteiger partial charge in [-0.05, 0) is 38.8 Å². The molecule has 148 valence electrons. The summed E-state index contributed by atoms with van der Waals surface area (Å²) in [5.41, 5.74) is 2.22. The number of fused-ring (bicyclic) bond motifs is 1. The number of ketones is 1. The minimum absolute atomic E-state index is 0.128. The van der Waals surface area contributed by atoms with E-state index >= 15 is 0 Å². The molecule has 1 heterocycles. The van der Waals surface area contributed by atoms with Gasteiger partial charge in [0.25, 0.3) is 0 Å². The molecule has 2 aromatic rings. The number of carbonyl (C=O) groups excluding carboxylic acids is 3. The van der Waals surface area contributed by atoms with E-state index in [1.54, 1.807) is 55.5 Å². The highest BCUT2D eigenvalue weighted by molar-refractivity contribution is 6.22. The molecule has 0 radical (unpaired) electrons. The molecule has 1 aliphatic heterocycles. The smallest absolute Gasteiger partial charge is 0.238 e. The molecule has 3 atom stereocenters. The number of amides is 2. The average Bonchev–Trinajstić information content (AvgIpc) is 2.98. The first-order valence-corrected chi connectivity index (χ1v) is 9.85. The number of imide groups is 1. The molecule has 2 aliphatic rings. The van der Waals surface area contributed by atoms with Crippen molar-refractivity contribution < 1.29 is 19.1 Å². The van der Waals surface area contributed by atoms with E-state index in [9.17, 15) is 14.4 Å². The number of rotatable bonds is 5. The summed E-state index contributed by atoms with van der Waals surface area (Å²) in [4.78, 5) is 39.6. The topological polar surface area (TPSA) is 63.7 Å². The molecule has 1 saturated heterocycles. The lowest BCUT2D eigenvalue weighted by Gasteiger charge is -2.19. The Kier molecular flexibility index (Phi) is 5.05. The van der Waals surface area contributed by atoms with Gasteiger partial charge in [0.2, 0.25) is 17.6 Å². The van der Waals surface area contributed by atoms with Crippen molar-refractivity contribution >= 4 is 23.3 Å². The van der Waals surface area contributed by atoms with Crippen LogP contribution in [0, 0.1) is 11.8 Å². The number of Topliss-reactive ketones (excluding diaryl/α,β-unsaturated/α-hetero) is 1. The largest absolute Gasteiger partial charge is 0.482 e. The Morgan fingerprint density at radius 3 is 2.52 bits per heavy atom. The maximum atomic E-state index is 12.9. The Hall–Kier alpha value is -3.21. The predicted molar refractivity (Wildman–Crippen MR) is 110 cm³/mol. The first-order chi connectivity index (χ1) is 14.0. The van der Waals surface area contributed by atoms with Gasteiger partial charge in [-0.25, -0.2) is 4.90 Å². The van der Waals surface area contributed by atoms with Crippen LogP contribution in [0.25, 0.3) is 0 Å². The monoisotopic (exact) mass is 389 g/mol. The number of benzene rings is 2. The van der Waals surface area contributed by atoms with Crippen LogP contribution < -0.4 is 9.64 Å². The van der Waals surface area contributed by atoms with E-state index in [1.165, 1.54) is 4.90 Å². The van der Waals surface area contributed by atoms with Gasteiger partial charge in [0, 0.05) is 11.6 Å². The second kappa shape index (κ2) is 7.66. The van der Waals surface area contributed by atoms with Crippen LogP contribution in [0.1, 0.15) is 37.0 Å². The number of carbonyl (C=O) groups is 3. The van der Waals surface area contributed by atoms with Crippen molar-refractivity contribution in [2.24, 2.45) is 11.8 Å². The van der Waals surface area contributed by atoms with Gasteiger partial charge >= 0.3 is 0 Å². The van der Waals surface area contributed by atoms with Crippen molar-refractivity contribution in [3.8, 4) is 5.75 Å². The van der Waals surface area contributed by atoms with E-state index in [4.69, 9.17) is 4.74 Å². The van der Waals surface area contributed by atoms with Gasteiger partial charge < -0.3 is 4.74 Å². The van der Waals surface area contributed by atoms with Crippen LogP contribution in [0.15, 0.2) is 66.2 Å². The van der Waals surface area contributed by atoms with Crippen LogP contribution in [0.2, 0.25) is 0 Å². The van der Waals surface area contributed by atoms with Gasteiger partial charge in [0.05, 0.1) is 17.5 Å². The fourth-order valence-corrected chi connectivity index (χ4v) is 4.08. The molecule has 0 N–H and O–H groups in total. The third-order valence-electron chi connectivity index (χ3n) is 5.64. The zero-order valence-electron chi connectivity index (χ0n) is 16.5. The quantitative estimate of drug-likeness (QED) is 0.437. The normalized spacial score (nSPS) is 22.1. The van der Waals surface area contributed by atoms with Gasteiger partial charge in [0.1, 0.15) is 5.75 Å². The summed E-state index contributed by atoms with van der Waals surface area (Å²) < 4.78 is 5.83. The molecular weight excluding hydrogens is 366 g/mol. The molecule has 0 aromatic heterocycles. The summed E-state index contributed by atoms with van der Waals surface area (Å²) in [6, 6.07) is 15.8.